The highest BCUT2D eigenvalue weighted by molar-refractivity contribution is 7.74. The third-order valence-electron chi connectivity index (χ3n) is 3.34. The number of unbranched alkanes of at least 4 members (excludes halogenated alkanes) is 7. The Labute approximate surface area is 135 Å². The second-order valence-electron chi connectivity index (χ2n) is 5.36. The van der Waals surface area contributed by atoms with Gasteiger partial charge in [0, 0.05) is 23.9 Å². The Bertz CT molecular complexity index is 454. The number of hydrogen-bond acceptors (Lipinski definition) is 4. The van der Waals surface area contributed by atoms with E-state index in [-0.39, 0.29) is 5.75 Å². The van der Waals surface area contributed by atoms with Gasteiger partial charge in [-0.25, -0.2) is 0 Å². The van der Waals surface area contributed by atoms with Gasteiger partial charge in [-0.2, -0.15) is 4.21 Å². The molecule has 0 aromatic heterocycles. The van der Waals surface area contributed by atoms with E-state index in [1.165, 1.54) is 44.6 Å². The van der Waals surface area contributed by atoms with Crippen molar-refractivity contribution in [1.82, 2.24) is 0 Å². The number of nitrogens with two attached hydrogens (primary N) is 1. The van der Waals surface area contributed by atoms with Crippen LogP contribution in [0.1, 0.15) is 58.3 Å². The van der Waals surface area contributed by atoms with Crippen molar-refractivity contribution < 1.29 is 17.7 Å². The second kappa shape index (κ2) is 11.3. The zero-order valence-electron chi connectivity index (χ0n) is 13.3. The number of benzene rings is 1. The molecule has 0 aliphatic carbocycles. The number of nitrogen functional groups attached to an aromatic ring is 1. The smallest absolute Gasteiger partial charge is 0.357 e. The van der Waals surface area contributed by atoms with Gasteiger partial charge in [0.2, 0.25) is 0 Å². The maximum Gasteiger partial charge on any atom is 0.357 e. The second-order valence-corrected chi connectivity index (χ2v) is 5.96. The van der Waals surface area contributed by atoms with Gasteiger partial charge in [0.25, 0.3) is 0 Å². The fourth-order valence-electron chi connectivity index (χ4n) is 2.23. The van der Waals surface area contributed by atoms with E-state index < -0.39 is 11.4 Å². The van der Waals surface area contributed by atoms with Crippen molar-refractivity contribution in [2.75, 3.05) is 12.3 Å². The average molecular weight is 329 g/mol. The molecule has 0 spiro atoms. The van der Waals surface area contributed by atoms with Crippen molar-refractivity contribution >= 4 is 17.0 Å². The third-order valence-corrected chi connectivity index (χ3v) is 3.67. The molecule has 0 heterocycles. The van der Waals surface area contributed by atoms with Crippen molar-refractivity contribution in [2.24, 2.45) is 0 Å². The molecule has 0 aliphatic rings. The van der Waals surface area contributed by atoms with Crippen molar-refractivity contribution in [1.29, 1.82) is 0 Å². The first-order chi connectivity index (χ1) is 10.6. The van der Waals surface area contributed by atoms with Crippen LogP contribution in [-0.2, 0) is 11.4 Å². The van der Waals surface area contributed by atoms with E-state index in [0.29, 0.717) is 18.0 Å². The zero-order chi connectivity index (χ0) is 16.2. The fourth-order valence-corrected chi connectivity index (χ4v) is 2.49. The fraction of sp³-hybridized carbons (Fsp3) is 0.625. The molecule has 0 radical (unpaired) electrons. The first-order valence-electron chi connectivity index (χ1n) is 7.94. The Morgan fingerprint density at radius 3 is 2.23 bits per heavy atom. The summed E-state index contributed by atoms with van der Waals surface area (Å²) < 4.78 is 29.6. The maximum absolute atomic E-state index is 10.6. The molecule has 0 amide bonds. The lowest BCUT2D eigenvalue weighted by Gasteiger charge is -2.09. The molecular weight excluding hydrogens is 302 g/mol. The minimum Gasteiger partial charge on any atom is -0.493 e. The van der Waals surface area contributed by atoms with E-state index >= 15 is 0 Å². The average Bonchev–Trinajstić information content (AvgIpc) is 2.44. The predicted octanol–water partition coefficient (Wildman–Crippen LogP) is 4.30. The van der Waals surface area contributed by atoms with E-state index in [2.05, 4.69) is 6.92 Å². The molecule has 6 heteroatoms. The van der Waals surface area contributed by atoms with Gasteiger partial charge in [0.05, 0.1) is 6.61 Å². The quantitative estimate of drug-likeness (QED) is 0.339. The first-order valence-corrected chi connectivity index (χ1v) is 8.97. The van der Waals surface area contributed by atoms with Crippen LogP contribution in [0, 0.1) is 0 Å². The molecule has 3 N–H and O–H groups in total. The Balaban J connectivity index is 2.19. The van der Waals surface area contributed by atoms with Gasteiger partial charge < -0.3 is 14.7 Å². The highest BCUT2D eigenvalue weighted by Crippen LogP contribution is 2.25. The van der Waals surface area contributed by atoms with Crippen LogP contribution < -0.4 is 14.7 Å². The van der Waals surface area contributed by atoms with Crippen molar-refractivity contribution in [2.45, 2.75) is 58.3 Å². The van der Waals surface area contributed by atoms with Crippen LogP contribution in [0.3, 0.4) is 0 Å². The topological polar surface area (TPSA) is 81.8 Å². The molecule has 1 aromatic carbocycles. The predicted molar refractivity (Wildman–Crippen MR) is 90.4 cm³/mol. The summed E-state index contributed by atoms with van der Waals surface area (Å²) in [5, 5.41) is 0. The number of anilines is 1. The summed E-state index contributed by atoms with van der Waals surface area (Å²) in [5.41, 5.74) is 6.14. The molecule has 5 nitrogen and oxygen atoms in total. The van der Waals surface area contributed by atoms with Crippen molar-refractivity contribution in [3.63, 3.8) is 0 Å². The molecule has 1 rings (SSSR count). The largest absolute Gasteiger partial charge is 0.493 e. The van der Waals surface area contributed by atoms with E-state index in [4.69, 9.17) is 19.2 Å². The Kier molecular flexibility index (Phi) is 9.66. The summed E-state index contributed by atoms with van der Waals surface area (Å²) in [6, 6.07) is 4.73. The van der Waals surface area contributed by atoms with Crippen LogP contribution >= 0.6 is 0 Å². The lowest BCUT2D eigenvalue weighted by Crippen LogP contribution is -2.01. The Morgan fingerprint density at radius 1 is 1.00 bits per heavy atom. The lowest BCUT2D eigenvalue weighted by molar-refractivity contribution is 0.303. The molecule has 1 atom stereocenters. The summed E-state index contributed by atoms with van der Waals surface area (Å²) in [6.07, 6.45) is 9.95. The Hall–Kier alpha value is -1.27. The van der Waals surface area contributed by atoms with Crippen molar-refractivity contribution in [3.05, 3.63) is 18.2 Å². The van der Waals surface area contributed by atoms with E-state index in [1.54, 1.807) is 12.1 Å². The van der Waals surface area contributed by atoms with Gasteiger partial charge in [0.1, 0.15) is 11.5 Å². The molecule has 0 saturated heterocycles. The third kappa shape index (κ3) is 8.89. The zero-order valence-corrected chi connectivity index (χ0v) is 14.1. The van der Waals surface area contributed by atoms with E-state index in [0.717, 1.165) is 12.8 Å². The van der Waals surface area contributed by atoms with Crippen LogP contribution in [0.5, 0.6) is 11.5 Å². The van der Waals surface area contributed by atoms with Gasteiger partial charge >= 0.3 is 11.4 Å². The molecule has 0 bridgehead atoms. The van der Waals surface area contributed by atoms with Crippen LogP contribution in [0.2, 0.25) is 0 Å². The van der Waals surface area contributed by atoms with Crippen LogP contribution in [-0.4, -0.2) is 15.4 Å². The maximum atomic E-state index is 10.6. The molecule has 0 aliphatic heterocycles. The van der Waals surface area contributed by atoms with Crippen LogP contribution in [0.25, 0.3) is 0 Å². The minimum absolute atomic E-state index is 0.228. The SMILES string of the molecule is CCCCCCCCCCOc1cc(N)cc(OS(=O)O)c1. The molecule has 0 saturated carbocycles. The van der Waals surface area contributed by atoms with Gasteiger partial charge in [-0.1, -0.05) is 51.9 Å². The van der Waals surface area contributed by atoms with Gasteiger partial charge in [-0.15, -0.1) is 0 Å². The molecule has 1 unspecified atom stereocenters. The molecular formula is C16H27NO4S. The minimum atomic E-state index is -2.36. The molecule has 0 fully saturated rings. The lowest BCUT2D eigenvalue weighted by atomic mass is 10.1. The normalized spacial score (nSPS) is 12.1. The monoisotopic (exact) mass is 329 g/mol. The summed E-state index contributed by atoms with van der Waals surface area (Å²) in [7, 11) is 0. The van der Waals surface area contributed by atoms with Gasteiger partial charge in [-0.3, -0.25) is 4.55 Å². The molecule has 1 aromatic rings. The van der Waals surface area contributed by atoms with Gasteiger partial charge in [-0.05, 0) is 6.42 Å². The summed E-state index contributed by atoms with van der Waals surface area (Å²) >= 11 is -2.36. The first kappa shape index (κ1) is 18.8. The highest BCUT2D eigenvalue weighted by Gasteiger charge is 2.04. The van der Waals surface area contributed by atoms with Gasteiger partial charge in [0.15, 0.2) is 0 Å². The Morgan fingerprint density at radius 2 is 1.59 bits per heavy atom. The van der Waals surface area contributed by atoms with E-state index in [9.17, 15) is 4.21 Å². The van der Waals surface area contributed by atoms with E-state index in [1.807, 2.05) is 0 Å². The number of rotatable bonds is 12. The summed E-state index contributed by atoms with van der Waals surface area (Å²) in [4.78, 5) is 0. The van der Waals surface area contributed by atoms with Crippen molar-refractivity contribution in [3.8, 4) is 11.5 Å². The molecule has 22 heavy (non-hydrogen) atoms. The van der Waals surface area contributed by atoms with Crippen LogP contribution in [0.4, 0.5) is 5.69 Å². The number of ether oxygens (including phenoxy) is 1. The summed E-state index contributed by atoms with van der Waals surface area (Å²) in [5.74, 6) is 0.787. The highest BCUT2D eigenvalue weighted by atomic mass is 32.2. The summed E-state index contributed by atoms with van der Waals surface area (Å²) in [6.45, 7) is 2.84. The molecule has 126 valence electrons. The standard InChI is InChI=1S/C16H27NO4S/c1-2-3-4-5-6-7-8-9-10-20-15-11-14(17)12-16(13-15)21-22(18)19/h11-13H,2-10,17H2,1H3,(H,18,19). The number of hydrogen-bond donors (Lipinski definition) is 2. The van der Waals surface area contributed by atoms with Crippen LogP contribution in [0.15, 0.2) is 18.2 Å².